The molecule has 0 unspecified atom stereocenters. The summed E-state index contributed by atoms with van der Waals surface area (Å²) in [4.78, 5) is 11.9. The third kappa shape index (κ3) is 4.44. The summed E-state index contributed by atoms with van der Waals surface area (Å²) in [6, 6.07) is 12.8. The van der Waals surface area contributed by atoms with Crippen LogP contribution < -0.4 is 5.32 Å². The molecule has 2 aromatic carbocycles. The number of thioether (sulfide) groups is 1. The molecule has 0 aliphatic carbocycles. The van der Waals surface area contributed by atoms with E-state index in [0.29, 0.717) is 15.8 Å². The monoisotopic (exact) mass is 325 g/mol. The summed E-state index contributed by atoms with van der Waals surface area (Å²) in [5, 5.41) is 4.12. The SMILES string of the molecule is Cc1cc(Cl)ccc1NC(=O)SCc1ccc(Cl)cc1. The number of hydrogen-bond donors (Lipinski definition) is 1. The van der Waals surface area contributed by atoms with Crippen LogP contribution in [-0.2, 0) is 5.75 Å². The van der Waals surface area contributed by atoms with Gasteiger partial charge < -0.3 is 5.32 Å². The molecule has 0 aromatic heterocycles. The van der Waals surface area contributed by atoms with E-state index < -0.39 is 0 Å². The minimum Gasteiger partial charge on any atom is -0.317 e. The first-order chi connectivity index (χ1) is 9.54. The predicted molar refractivity (Wildman–Crippen MR) is 88.0 cm³/mol. The minimum atomic E-state index is -0.0922. The Morgan fingerprint density at radius 3 is 2.40 bits per heavy atom. The highest BCUT2D eigenvalue weighted by atomic mass is 35.5. The van der Waals surface area contributed by atoms with Crippen molar-refractivity contribution in [3.8, 4) is 0 Å². The van der Waals surface area contributed by atoms with E-state index in [4.69, 9.17) is 23.2 Å². The second-order valence-corrected chi connectivity index (χ2v) is 6.11. The summed E-state index contributed by atoms with van der Waals surface area (Å²) in [5.74, 6) is 0.607. The number of halogens is 2. The molecule has 2 rings (SSSR count). The summed E-state index contributed by atoms with van der Waals surface area (Å²) in [5.41, 5.74) is 2.78. The maximum absolute atomic E-state index is 11.9. The Morgan fingerprint density at radius 2 is 1.75 bits per heavy atom. The third-order valence-corrected chi connectivity index (χ3v) is 4.04. The lowest BCUT2D eigenvalue weighted by molar-refractivity contribution is 0.269. The maximum atomic E-state index is 11.9. The average Bonchev–Trinajstić information content (AvgIpc) is 2.41. The zero-order valence-corrected chi connectivity index (χ0v) is 13.1. The number of carbonyl (C=O) groups is 1. The summed E-state index contributed by atoms with van der Waals surface area (Å²) in [7, 11) is 0. The fraction of sp³-hybridized carbons (Fsp3) is 0.133. The molecule has 1 N–H and O–H groups in total. The van der Waals surface area contributed by atoms with Crippen LogP contribution in [0, 0.1) is 6.92 Å². The fourth-order valence-corrected chi connectivity index (χ4v) is 2.67. The Labute approximate surface area is 132 Å². The smallest absolute Gasteiger partial charge is 0.283 e. The summed E-state index contributed by atoms with van der Waals surface area (Å²) < 4.78 is 0. The van der Waals surface area contributed by atoms with E-state index in [2.05, 4.69) is 5.32 Å². The molecular formula is C15H13Cl2NOS. The van der Waals surface area contributed by atoms with Crippen LogP contribution in [0.3, 0.4) is 0 Å². The van der Waals surface area contributed by atoms with Gasteiger partial charge in [0.25, 0.3) is 5.24 Å². The van der Waals surface area contributed by atoms with Gasteiger partial charge in [-0.2, -0.15) is 0 Å². The van der Waals surface area contributed by atoms with Crippen molar-refractivity contribution in [1.29, 1.82) is 0 Å². The van der Waals surface area contributed by atoms with Crippen LogP contribution in [-0.4, -0.2) is 5.24 Å². The van der Waals surface area contributed by atoms with Gasteiger partial charge in [-0.25, -0.2) is 0 Å². The third-order valence-electron chi connectivity index (χ3n) is 2.71. The van der Waals surface area contributed by atoms with Gasteiger partial charge in [-0.1, -0.05) is 47.1 Å². The first kappa shape index (κ1) is 15.2. The molecule has 0 atom stereocenters. The number of benzene rings is 2. The molecule has 2 aromatic rings. The molecule has 1 amide bonds. The van der Waals surface area contributed by atoms with Crippen molar-refractivity contribution >= 4 is 45.9 Å². The maximum Gasteiger partial charge on any atom is 0.283 e. The van der Waals surface area contributed by atoms with Crippen LogP contribution in [0.4, 0.5) is 10.5 Å². The highest BCUT2D eigenvalue weighted by Crippen LogP contribution is 2.22. The molecule has 0 aliphatic rings. The summed E-state index contributed by atoms with van der Waals surface area (Å²) in [6.45, 7) is 1.91. The van der Waals surface area contributed by atoms with Crippen molar-refractivity contribution in [1.82, 2.24) is 0 Å². The van der Waals surface area contributed by atoms with Crippen molar-refractivity contribution in [2.75, 3.05) is 5.32 Å². The first-order valence-electron chi connectivity index (χ1n) is 5.99. The van der Waals surface area contributed by atoms with Crippen molar-refractivity contribution in [2.45, 2.75) is 12.7 Å². The van der Waals surface area contributed by atoms with E-state index in [1.807, 2.05) is 37.3 Å². The molecular weight excluding hydrogens is 313 g/mol. The first-order valence-corrected chi connectivity index (χ1v) is 7.73. The lowest BCUT2D eigenvalue weighted by Crippen LogP contribution is -2.06. The molecule has 0 spiro atoms. The second kappa shape index (κ2) is 7.02. The van der Waals surface area contributed by atoms with Crippen LogP contribution >= 0.6 is 35.0 Å². The predicted octanol–water partition coefficient (Wildman–Crippen LogP) is 5.77. The van der Waals surface area contributed by atoms with Gasteiger partial charge in [0.2, 0.25) is 0 Å². The Hall–Kier alpha value is -1.16. The lowest BCUT2D eigenvalue weighted by Gasteiger charge is -2.08. The van der Waals surface area contributed by atoms with Gasteiger partial charge in [-0.3, -0.25) is 4.79 Å². The van der Waals surface area contributed by atoms with Gasteiger partial charge in [-0.05, 0) is 48.4 Å². The van der Waals surface area contributed by atoms with E-state index in [9.17, 15) is 4.79 Å². The topological polar surface area (TPSA) is 29.1 Å². The number of carbonyl (C=O) groups excluding carboxylic acids is 1. The van der Waals surface area contributed by atoms with E-state index in [-0.39, 0.29) is 5.24 Å². The molecule has 0 aliphatic heterocycles. The normalized spacial score (nSPS) is 10.3. The Morgan fingerprint density at radius 1 is 1.10 bits per heavy atom. The molecule has 0 radical (unpaired) electrons. The zero-order valence-electron chi connectivity index (χ0n) is 10.8. The fourth-order valence-electron chi connectivity index (χ4n) is 1.64. The molecule has 0 bridgehead atoms. The van der Waals surface area contributed by atoms with Crippen LogP contribution in [0.1, 0.15) is 11.1 Å². The van der Waals surface area contributed by atoms with Crippen LogP contribution in [0.5, 0.6) is 0 Å². The Kier molecular flexibility index (Phi) is 5.35. The Balaban J connectivity index is 1.90. The molecule has 0 fully saturated rings. The van der Waals surface area contributed by atoms with Gasteiger partial charge >= 0.3 is 0 Å². The van der Waals surface area contributed by atoms with E-state index in [0.717, 1.165) is 16.8 Å². The van der Waals surface area contributed by atoms with E-state index in [1.54, 1.807) is 12.1 Å². The van der Waals surface area contributed by atoms with Crippen molar-refractivity contribution in [2.24, 2.45) is 0 Å². The molecule has 0 heterocycles. The highest BCUT2D eigenvalue weighted by molar-refractivity contribution is 8.13. The van der Waals surface area contributed by atoms with Crippen molar-refractivity contribution in [3.63, 3.8) is 0 Å². The van der Waals surface area contributed by atoms with Crippen molar-refractivity contribution < 1.29 is 4.79 Å². The van der Waals surface area contributed by atoms with Gasteiger partial charge in [0, 0.05) is 21.5 Å². The van der Waals surface area contributed by atoms with Crippen molar-refractivity contribution in [3.05, 3.63) is 63.6 Å². The molecule has 2 nitrogen and oxygen atoms in total. The summed E-state index contributed by atoms with van der Waals surface area (Å²) in [6.07, 6.45) is 0. The van der Waals surface area contributed by atoms with Gasteiger partial charge in [0.15, 0.2) is 0 Å². The molecule has 5 heteroatoms. The standard InChI is InChI=1S/C15H13Cl2NOS/c1-10-8-13(17)6-7-14(10)18-15(19)20-9-11-2-4-12(16)5-3-11/h2-8H,9H2,1H3,(H,18,19). The zero-order chi connectivity index (χ0) is 14.5. The van der Waals surface area contributed by atoms with Gasteiger partial charge in [0.05, 0.1) is 0 Å². The van der Waals surface area contributed by atoms with Gasteiger partial charge in [-0.15, -0.1) is 0 Å². The number of hydrogen-bond acceptors (Lipinski definition) is 2. The van der Waals surface area contributed by atoms with Crippen LogP contribution in [0.2, 0.25) is 10.0 Å². The summed E-state index contributed by atoms with van der Waals surface area (Å²) >= 11 is 12.9. The molecule has 0 saturated heterocycles. The number of nitrogens with one attached hydrogen (secondary N) is 1. The number of aryl methyl sites for hydroxylation is 1. The molecule has 104 valence electrons. The number of rotatable bonds is 3. The number of amides is 1. The molecule has 20 heavy (non-hydrogen) atoms. The van der Waals surface area contributed by atoms with E-state index in [1.165, 1.54) is 11.8 Å². The molecule has 0 saturated carbocycles. The van der Waals surface area contributed by atoms with E-state index >= 15 is 0 Å². The number of anilines is 1. The lowest BCUT2D eigenvalue weighted by atomic mass is 10.2. The second-order valence-electron chi connectivity index (χ2n) is 4.29. The Bertz CT molecular complexity index is 614. The van der Waals surface area contributed by atoms with Gasteiger partial charge in [0.1, 0.15) is 0 Å². The largest absolute Gasteiger partial charge is 0.317 e. The van der Waals surface area contributed by atoms with Crippen LogP contribution in [0.25, 0.3) is 0 Å². The highest BCUT2D eigenvalue weighted by Gasteiger charge is 2.06. The quantitative estimate of drug-likeness (QED) is 0.776. The van der Waals surface area contributed by atoms with Crippen LogP contribution in [0.15, 0.2) is 42.5 Å². The average molecular weight is 326 g/mol. The minimum absolute atomic E-state index is 0.0922.